The van der Waals surface area contributed by atoms with Crippen molar-refractivity contribution in [3.8, 4) is 0 Å². The van der Waals surface area contributed by atoms with Gasteiger partial charge in [-0.3, -0.25) is 9.58 Å². The molecule has 1 atom stereocenters. The number of esters is 1. The van der Waals surface area contributed by atoms with Crippen LogP contribution >= 0.6 is 0 Å². The molecule has 2 aromatic rings. The van der Waals surface area contributed by atoms with E-state index in [-0.39, 0.29) is 18.8 Å². The minimum Gasteiger partial charge on any atom is -0.458 e. The Morgan fingerprint density at radius 1 is 1.32 bits per heavy atom. The fourth-order valence-electron chi connectivity index (χ4n) is 2.84. The van der Waals surface area contributed by atoms with Gasteiger partial charge in [0.2, 0.25) is 0 Å². The van der Waals surface area contributed by atoms with E-state index < -0.39 is 5.97 Å². The number of hydrogen-bond donors (Lipinski definition) is 0. The van der Waals surface area contributed by atoms with E-state index in [9.17, 15) is 4.79 Å². The minimum absolute atomic E-state index is 0.103. The Labute approximate surface area is 148 Å². The van der Waals surface area contributed by atoms with Crippen molar-refractivity contribution in [2.45, 2.75) is 32.5 Å². The molecule has 0 unspecified atom stereocenters. The summed E-state index contributed by atoms with van der Waals surface area (Å²) in [5, 5.41) is 4.24. The molecule has 2 heterocycles. The van der Waals surface area contributed by atoms with Crippen LogP contribution in [0.25, 0.3) is 0 Å². The van der Waals surface area contributed by atoms with Crippen molar-refractivity contribution in [1.82, 2.24) is 14.7 Å². The zero-order valence-electron chi connectivity index (χ0n) is 14.8. The van der Waals surface area contributed by atoms with Crippen molar-refractivity contribution >= 4 is 5.97 Å². The summed E-state index contributed by atoms with van der Waals surface area (Å²) in [5.41, 5.74) is 1.62. The van der Waals surface area contributed by atoms with E-state index >= 15 is 0 Å². The van der Waals surface area contributed by atoms with Crippen LogP contribution in [-0.2, 0) is 16.0 Å². The zero-order chi connectivity index (χ0) is 17.6. The molecule has 1 fully saturated rings. The van der Waals surface area contributed by atoms with Gasteiger partial charge in [-0.05, 0) is 25.5 Å². The van der Waals surface area contributed by atoms with Crippen molar-refractivity contribution in [3.63, 3.8) is 0 Å². The topological polar surface area (TPSA) is 56.6 Å². The molecule has 25 heavy (non-hydrogen) atoms. The van der Waals surface area contributed by atoms with Crippen LogP contribution in [0.3, 0.4) is 0 Å². The molecule has 1 saturated heterocycles. The van der Waals surface area contributed by atoms with Crippen LogP contribution in [-0.4, -0.2) is 53.1 Å². The first-order valence-electron chi connectivity index (χ1n) is 8.72. The molecule has 0 bridgehead atoms. The minimum atomic E-state index is -0.400. The monoisotopic (exact) mass is 343 g/mol. The van der Waals surface area contributed by atoms with E-state index in [1.54, 1.807) is 16.9 Å². The maximum atomic E-state index is 12.1. The van der Waals surface area contributed by atoms with Crippen molar-refractivity contribution in [1.29, 1.82) is 0 Å². The van der Waals surface area contributed by atoms with Gasteiger partial charge in [-0.15, -0.1) is 0 Å². The largest absolute Gasteiger partial charge is 0.458 e. The normalized spacial score (nSPS) is 18.4. The van der Waals surface area contributed by atoms with Crippen LogP contribution in [0.2, 0.25) is 0 Å². The van der Waals surface area contributed by atoms with Gasteiger partial charge in [-0.1, -0.05) is 30.3 Å². The lowest BCUT2D eigenvalue weighted by molar-refractivity contribution is -0.0613. The van der Waals surface area contributed by atoms with Crippen LogP contribution in [0.1, 0.15) is 35.9 Å². The number of morpholine rings is 1. The van der Waals surface area contributed by atoms with Gasteiger partial charge in [-0.25, -0.2) is 4.79 Å². The number of nitrogens with zero attached hydrogens (tertiary/aromatic N) is 3. The molecule has 0 aliphatic carbocycles. The van der Waals surface area contributed by atoms with Crippen molar-refractivity contribution in [2.24, 2.45) is 0 Å². The molecule has 0 N–H and O–H groups in total. The summed E-state index contributed by atoms with van der Waals surface area (Å²) in [7, 11) is 0. The second-order valence-electron chi connectivity index (χ2n) is 6.59. The molecule has 6 nitrogen and oxygen atoms in total. The van der Waals surface area contributed by atoms with Crippen molar-refractivity contribution in [2.75, 3.05) is 26.3 Å². The third-order valence-corrected chi connectivity index (χ3v) is 4.22. The molecule has 1 aliphatic rings. The third-order valence-electron chi connectivity index (χ3n) is 4.22. The Morgan fingerprint density at radius 2 is 2.12 bits per heavy atom. The third kappa shape index (κ3) is 4.90. The molecular formula is C19H25N3O3. The van der Waals surface area contributed by atoms with Crippen LogP contribution < -0.4 is 0 Å². The Kier molecular flexibility index (Phi) is 5.83. The molecule has 3 rings (SSSR count). The van der Waals surface area contributed by atoms with Gasteiger partial charge >= 0.3 is 5.97 Å². The molecule has 134 valence electrons. The smallest absolute Gasteiger partial charge is 0.358 e. The van der Waals surface area contributed by atoms with Gasteiger partial charge in [0.1, 0.15) is 12.7 Å². The summed E-state index contributed by atoms with van der Waals surface area (Å²) in [6.45, 7) is 7.45. The average Bonchev–Trinajstić information content (AvgIpc) is 3.11. The van der Waals surface area contributed by atoms with Crippen LogP contribution in [0.5, 0.6) is 0 Å². The highest BCUT2D eigenvalue weighted by Crippen LogP contribution is 2.12. The molecule has 0 amide bonds. The maximum absolute atomic E-state index is 12.1. The Morgan fingerprint density at radius 3 is 2.84 bits per heavy atom. The van der Waals surface area contributed by atoms with Gasteiger partial charge in [0.05, 0.1) is 6.61 Å². The van der Waals surface area contributed by atoms with E-state index in [4.69, 9.17) is 9.47 Å². The highest BCUT2D eigenvalue weighted by molar-refractivity contribution is 5.87. The van der Waals surface area contributed by atoms with E-state index in [2.05, 4.69) is 22.1 Å². The maximum Gasteiger partial charge on any atom is 0.358 e. The van der Waals surface area contributed by atoms with Crippen LogP contribution in [0, 0.1) is 0 Å². The Balaban J connectivity index is 1.48. The first-order chi connectivity index (χ1) is 12.1. The quantitative estimate of drug-likeness (QED) is 0.755. The predicted molar refractivity (Wildman–Crippen MR) is 94.4 cm³/mol. The number of aromatic nitrogens is 2. The SMILES string of the molecule is CC(C)n1ccc(C(=O)OC[C@@H]2CN(Cc3ccccc3)CCO2)n1. The van der Waals surface area contributed by atoms with E-state index in [0.717, 1.165) is 19.6 Å². The molecule has 1 aliphatic heterocycles. The average molecular weight is 343 g/mol. The van der Waals surface area contributed by atoms with Gasteiger partial charge in [0.15, 0.2) is 5.69 Å². The summed E-state index contributed by atoms with van der Waals surface area (Å²) in [6, 6.07) is 12.3. The van der Waals surface area contributed by atoms with Gasteiger partial charge in [0.25, 0.3) is 0 Å². The number of rotatable bonds is 6. The summed E-state index contributed by atoms with van der Waals surface area (Å²) in [6.07, 6.45) is 1.69. The second kappa shape index (κ2) is 8.27. The Hall–Kier alpha value is -2.18. The van der Waals surface area contributed by atoms with E-state index in [0.29, 0.717) is 12.3 Å². The number of benzene rings is 1. The summed E-state index contributed by atoms with van der Waals surface area (Å²) in [5.74, 6) is -0.400. The molecule has 0 radical (unpaired) electrons. The standard InChI is InChI=1S/C19H25N3O3/c1-15(2)22-9-8-18(20-22)19(23)25-14-17-13-21(10-11-24-17)12-16-6-4-3-5-7-16/h3-9,15,17H,10-14H2,1-2H3/t17-/m0/s1. The highest BCUT2D eigenvalue weighted by atomic mass is 16.6. The van der Waals surface area contributed by atoms with Crippen LogP contribution in [0.4, 0.5) is 0 Å². The Bertz CT molecular complexity index is 684. The molecule has 0 spiro atoms. The lowest BCUT2D eigenvalue weighted by Gasteiger charge is -2.32. The fraction of sp³-hybridized carbons (Fsp3) is 0.474. The first kappa shape index (κ1) is 17.6. The summed E-state index contributed by atoms with van der Waals surface area (Å²) >= 11 is 0. The number of hydrogen-bond acceptors (Lipinski definition) is 5. The predicted octanol–water partition coefficient (Wildman–Crippen LogP) is 2.52. The van der Waals surface area contributed by atoms with Gasteiger partial charge in [-0.2, -0.15) is 5.10 Å². The summed E-state index contributed by atoms with van der Waals surface area (Å²) < 4.78 is 12.9. The molecule has 0 saturated carbocycles. The molecule has 1 aromatic carbocycles. The lowest BCUT2D eigenvalue weighted by Crippen LogP contribution is -2.44. The van der Waals surface area contributed by atoms with Gasteiger partial charge in [0, 0.05) is 31.9 Å². The van der Waals surface area contributed by atoms with Crippen LogP contribution in [0.15, 0.2) is 42.6 Å². The molecular weight excluding hydrogens is 318 g/mol. The van der Waals surface area contributed by atoms with Gasteiger partial charge < -0.3 is 9.47 Å². The number of carbonyl (C=O) groups excluding carboxylic acids is 1. The second-order valence-corrected chi connectivity index (χ2v) is 6.59. The fourth-order valence-corrected chi connectivity index (χ4v) is 2.84. The molecule has 1 aromatic heterocycles. The zero-order valence-corrected chi connectivity index (χ0v) is 14.8. The lowest BCUT2D eigenvalue weighted by atomic mass is 10.2. The number of carbonyl (C=O) groups is 1. The summed E-state index contributed by atoms with van der Waals surface area (Å²) in [4.78, 5) is 14.5. The van der Waals surface area contributed by atoms with Crippen molar-refractivity contribution in [3.05, 3.63) is 53.9 Å². The first-order valence-corrected chi connectivity index (χ1v) is 8.72. The number of ether oxygens (including phenoxy) is 2. The molecule has 6 heteroatoms. The van der Waals surface area contributed by atoms with Crippen molar-refractivity contribution < 1.29 is 14.3 Å². The van der Waals surface area contributed by atoms with E-state index in [1.165, 1.54) is 5.56 Å². The van der Waals surface area contributed by atoms with E-state index in [1.807, 2.05) is 32.0 Å². The highest BCUT2D eigenvalue weighted by Gasteiger charge is 2.23.